The Bertz CT molecular complexity index is 1160. The number of nitrogens with one attached hydrogen (secondary N) is 2. The maximum Gasteiger partial charge on any atom is 0.254 e. The minimum atomic E-state index is -0.963. The standard InChI is InChI=1S/C21H22F2N3O2P/c1-12(2)20-19(21(28)25-9-13-5-6-15(22)16(23)7-13)14-8-18(27)24-10-17(14)26(20)11-29(3)4/h5-8,10,12H,3,9,11H2,1-2,4H3,(H-,24,25,27,28)/p+1. The maximum absolute atomic E-state index is 13.4. The van der Waals surface area contributed by atoms with E-state index in [-0.39, 0.29) is 23.9 Å². The second kappa shape index (κ2) is 8.29. The average molecular weight is 418 g/mol. The Labute approximate surface area is 168 Å². The van der Waals surface area contributed by atoms with Crippen LogP contribution in [0.2, 0.25) is 0 Å². The largest absolute Gasteiger partial charge is 0.348 e. The highest BCUT2D eigenvalue weighted by atomic mass is 31.1. The molecule has 152 valence electrons. The van der Waals surface area contributed by atoms with Crippen LogP contribution in [0.15, 0.2) is 35.3 Å². The molecule has 0 aliphatic heterocycles. The number of fused-ring (bicyclic) bond motifs is 1. The first-order chi connectivity index (χ1) is 13.7. The quantitative estimate of drug-likeness (QED) is 0.591. The number of carbonyl (C=O) groups excluding carboxylic acids is 1. The van der Waals surface area contributed by atoms with Gasteiger partial charge in [-0.25, -0.2) is 8.78 Å². The molecule has 8 heteroatoms. The summed E-state index contributed by atoms with van der Waals surface area (Å²) in [6, 6.07) is 4.92. The summed E-state index contributed by atoms with van der Waals surface area (Å²) in [7, 11) is -0.543. The summed E-state index contributed by atoms with van der Waals surface area (Å²) in [5.74, 6) is -2.24. The lowest BCUT2D eigenvalue weighted by molar-refractivity contribution is 0.0951. The number of rotatable bonds is 6. The summed E-state index contributed by atoms with van der Waals surface area (Å²) in [5.41, 5.74) is 2.16. The molecule has 29 heavy (non-hydrogen) atoms. The van der Waals surface area contributed by atoms with Crippen molar-refractivity contribution in [1.82, 2.24) is 14.9 Å². The topological polar surface area (TPSA) is 66.9 Å². The molecule has 2 heterocycles. The Morgan fingerprint density at radius 1 is 1.28 bits per heavy atom. The van der Waals surface area contributed by atoms with Crippen molar-refractivity contribution in [1.29, 1.82) is 0 Å². The van der Waals surface area contributed by atoms with Crippen LogP contribution in [0.3, 0.4) is 0 Å². The van der Waals surface area contributed by atoms with Crippen LogP contribution < -0.4 is 10.9 Å². The third-order valence-electron chi connectivity index (χ3n) is 4.60. The summed E-state index contributed by atoms with van der Waals surface area (Å²) >= 11 is 0. The SMILES string of the molecule is C=[P+](C)Cn1c(C(C)C)c(C(=O)NCc2ccc(F)c(F)c2)c2cc(=O)[nH]cc21. The van der Waals surface area contributed by atoms with Crippen LogP contribution in [0.1, 0.15) is 41.4 Å². The lowest BCUT2D eigenvalue weighted by Crippen LogP contribution is -2.24. The van der Waals surface area contributed by atoms with Crippen LogP contribution in [0, 0.1) is 11.6 Å². The second-order valence-corrected chi connectivity index (χ2v) is 9.36. The predicted molar refractivity (Wildman–Crippen MR) is 114 cm³/mol. The minimum Gasteiger partial charge on any atom is -0.348 e. The van der Waals surface area contributed by atoms with Gasteiger partial charge in [-0.1, -0.05) is 19.9 Å². The van der Waals surface area contributed by atoms with Crippen molar-refractivity contribution in [3.63, 3.8) is 0 Å². The molecule has 2 aromatic heterocycles. The van der Waals surface area contributed by atoms with Crippen molar-refractivity contribution in [2.24, 2.45) is 0 Å². The molecule has 0 spiro atoms. The zero-order chi connectivity index (χ0) is 21.3. The highest BCUT2D eigenvalue weighted by Crippen LogP contribution is 2.33. The van der Waals surface area contributed by atoms with Crippen molar-refractivity contribution in [2.45, 2.75) is 32.6 Å². The van der Waals surface area contributed by atoms with Gasteiger partial charge in [0.05, 0.1) is 24.0 Å². The van der Waals surface area contributed by atoms with E-state index in [1.807, 2.05) is 25.1 Å². The first-order valence-electron chi connectivity index (χ1n) is 9.17. The first-order valence-corrected chi connectivity index (χ1v) is 11.3. The van der Waals surface area contributed by atoms with Crippen molar-refractivity contribution in [2.75, 3.05) is 6.66 Å². The van der Waals surface area contributed by atoms with E-state index in [9.17, 15) is 18.4 Å². The highest BCUT2D eigenvalue weighted by Gasteiger charge is 2.26. The number of halogens is 2. The summed E-state index contributed by atoms with van der Waals surface area (Å²) in [5, 5.41) is 3.34. The van der Waals surface area contributed by atoms with E-state index in [1.54, 1.807) is 6.20 Å². The first kappa shape index (κ1) is 20.9. The summed E-state index contributed by atoms with van der Waals surface area (Å²) in [6.07, 6.45) is 6.38. The van der Waals surface area contributed by atoms with Gasteiger partial charge in [-0.15, -0.1) is 0 Å². The van der Waals surface area contributed by atoms with Crippen LogP contribution in [-0.2, 0) is 12.8 Å². The molecule has 0 radical (unpaired) electrons. The van der Waals surface area contributed by atoms with Crippen molar-refractivity contribution in [3.05, 3.63) is 69.3 Å². The van der Waals surface area contributed by atoms with Gasteiger partial charge in [0.15, 0.2) is 17.9 Å². The fourth-order valence-corrected chi connectivity index (χ4v) is 4.23. The Balaban J connectivity index is 2.06. The van der Waals surface area contributed by atoms with Crippen molar-refractivity contribution < 1.29 is 13.6 Å². The normalized spacial score (nSPS) is 11.9. The van der Waals surface area contributed by atoms with Gasteiger partial charge in [0.2, 0.25) is 5.56 Å². The van der Waals surface area contributed by atoms with Gasteiger partial charge >= 0.3 is 0 Å². The van der Waals surface area contributed by atoms with Gasteiger partial charge in [-0.3, -0.25) is 9.59 Å². The van der Waals surface area contributed by atoms with E-state index < -0.39 is 19.2 Å². The summed E-state index contributed by atoms with van der Waals surface area (Å²) in [6.45, 7) is 6.05. The molecule has 0 fully saturated rings. The van der Waals surface area contributed by atoms with E-state index >= 15 is 0 Å². The van der Waals surface area contributed by atoms with Gasteiger partial charge in [0.25, 0.3) is 5.91 Å². The van der Waals surface area contributed by atoms with Gasteiger partial charge in [0.1, 0.15) is 7.55 Å². The summed E-state index contributed by atoms with van der Waals surface area (Å²) < 4.78 is 28.6. The molecule has 0 saturated heterocycles. The summed E-state index contributed by atoms with van der Waals surface area (Å²) in [4.78, 5) is 27.7. The molecule has 3 aromatic rings. The molecule has 0 aliphatic rings. The molecule has 1 aromatic carbocycles. The highest BCUT2D eigenvalue weighted by molar-refractivity contribution is 7.53. The molecule has 0 aliphatic carbocycles. The number of pyridine rings is 1. The number of aromatic amines is 1. The fourth-order valence-electron chi connectivity index (χ4n) is 3.44. The third kappa shape index (κ3) is 4.30. The Kier molecular flexibility index (Phi) is 5.99. The zero-order valence-electron chi connectivity index (χ0n) is 16.6. The number of H-pyrrole nitrogens is 1. The van der Waals surface area contributed by atoms with E-state index in [4.69, 9.17) is 0 Å². The predicted octanol–water partition coefficient (Wildman–Crippen LogP) is 4.16. The maximum atomic E-state index is 13.4. The van der Waals surface area contributed by atoms with Crippen LogP contribution >= 0.6 is 7.55 Å². The van der Waals surface area contributed by atoms with Gasteiger partial charge in [-0.2, -0.15) is 0 Å². The van der Waals surface area contributed by atoms with Gasteiger partial charge < -0.3 is 14.9 Å². The van der Waals surface area contributed by atoms with Crippen molar-refractivity contribution >= 4 is 30.7 Å². The lowest BCUT2D eigenvalue weighted by Gasteiger charge is -2.13. The Morgan fingerprint density at radius 3 is 2.62 bits per heavy atom. The van der Waals surface area contributed by atoms with E-state index in [0.717, 1.165) is 23.3 Å². The monoisotopic (exact) mass is 418 g/mol. The smallest absolute Gasteiger partial charge is 0.254 e. The van der Waals surface area contributed by atoms with Gasteiger partial charge in [0, 0.05) is 29.9 Å². The molecular formula is C21H23F2N3O2P+. The Morgan fingerprint density at radius 2 is 2.00 bits per heavy atom. The molecule has 1 amide bonds. The lowest BCUT2D eigenvalue weighted by atomic mass is 10.0. The van der Waals surface area contributed by atoms with Crippen LogP contribution in [0.4, 0.5) is 8.78 Å². The minimum absolute atomic E-state index is 0.0245. The molecule has 0 saturated carbocycles. The number of aromatic nitrogens is 2. The Hall–Kier alpha value is -2.79. The molecule has 2 N–H and O–H groups in total. The number of amides is 1. The van der Waals surface area contributed by atoms with E-state index in [2.05, 4.69) is 16.6 Å². The number of hydrogen-bond acceptors (Lipinski definition) is 2. The number of benzene rings is 1. The van der Waals surface area contributed by atoms with Crippen LogP contribution in [0.25, 0.3) is 10.9 Å². The average Bonchev–Trinajstić information content (AvgIpc) is 2.95. The third-order valence-corrected chi connectivity index (χ3v) is 5.37. The molecule has 3 rings (SSSR count). The molecule has 0 bridgehead atoms. The zero-order valence-corrected chi connectivity index (χ0v) is 17.4. The van der Waals surface area contributed by atoms with Crippen LogP contribution in [-0.4, -0.2) is 28.4 Å². The number of hydrogen-bond donors (Lipinski definition) is 2. The number of nitrogens with zero attached hydrogens (tertiary/aromatic N) is 1. The number of carbonyl (C=O) groups is 1. The fraction of sp³-hybridized carbons (Fsp3) is 0.286. The molecule has 5 nitrogen and oxygen atoms in total. The second-order valence-electron chi connectivity index (χ2n) is 7.37. The molecule has 1 unspecified atom stereocenters. The van der Waals surface area contributed by atoms with Crippen LogP contribution in [0.5, 0.6) is 0 Å². The van der Waals surface area contributed by atoms with Crippen molar-refractivity contribution in [3.8, 4) is 0 Å². The van der Waals surface area contributed by atoms with Gasteiger partial charge in [-0.05, 0) is 23.6 Å². The molecule has 1 atom stereocenters. The molecular weight excluding hydrogens is 395 g/mol. The van der Waals surface area contributed by atoms with E-state index in [1.165, 1.54) is 12.1 Å². The van der Waals surface area contributed by atoms with E-state index in [0.29, 0.717) is 22.8 Å².